The van der Waals surface area contributed by atoms with Crippen molar-refractivity contribution in [2.24, 2.45) is 0 Å². The van der Waals surface area contributed by atoms with E-state index >= 15 is 0 Å². The van der Waals surface area contributed by atoms with Crippen molar-refractivity contribution in [1.82, 2.24) is 10.2 Å². The summed E-state index contributed by atoms with van der Waals surface area (Å²) in [5.41, 5.74) is 1.92. The van der Waals surface area contributed by atoms with Crippen molar-refractivity contribution < 1.29 is 18.0 Å². The number of hydrogen-bond acceptors (Lipinski definition) is 4. The Balaban J connectivity index is 1.89. The number of sulfonamides is 1. The summed E-state index contributed by atoms with van der Waals surface area (Å²) < 4.78 is 26.3. The van der Waals surface area contributed by atoms with Crippen molar-refractivity contribution in [3.05, 3.63) is 63.6 Å². The van der Waals surface area contributed by atoms with Gasteiger partial charge in [-0.15, -0.1) is 0 Å². The van der Waals surface area contributed by atoms with Gasteiger partial charge < -0.3 is 10.2 Å². The Morgan fingerprint density at radius 2 is 1.77 bits per heavy atom. The molecular weight excluding hydrogens is 509 g/mol. The van der Waals surface area contributed by atoms with Gasteiger partial charge in [0.1, 0.15) is 12.6 Å². The maximum absolute atomic E-state index is 13.6. The third kappa shape index (κ3) is 7.35. The molecule has 0 aliphatic heterocycles. The highest BCUT2D eigenvalue weighted by molar-refractivity contribution is 7.92. The van der Waals surface area contributed by atoms with Crippen molar-refractivity contribution in [1.29, 1.82) is 0 Å². The molecule has 1 saturated carbocycles. The predicted octanol–water partition coefficient (Wildman–Crippen LogP) is 4.54. The van der Waals surface area contributed by atoms with Gasteiger partial charge in [0, 0.05) is 12.6 Å². The number of anilines is 1. The smallest absolute Gasteiger partial charge is 0.244 e. The third-order valence-electron chi connectivity index (χ3n) is 6.17. The van der Waals surface area contributed by atoms with Crippen LogP contribution in [0.4, 0.5) is 5.69 Å². The van der Waals surface area contributed by atoms with Crippen LogP contribution in [0.2, 0.25) is 10.0 Å². The first-order valence-electron chi connectivity index (χ1n) is 11.5. The Kier molecular flexibility index (Phi) is 9.07. The van der Waals surface area contributed by atoms with E-state index < -0.39 is 28.5 Å². The van der Waals surface area contributed by atoms with Gasteiger partial charge in [-0.25, -0.2) is 8.42 Å². The monoisotopic (exact) mass is 539 g/mol. The van der Waals surface area contributed by atoms with E-state index in [1.807, 2.05) is 13.0 Å². The molecule has 2 aromatic rings. The van der Waals surface area contributed by atoms with E-state index in [0.717, 1.165) is 41.8 Å². The van der Waals surface area contributed by atoms with Gasteiger partial charge in [0.25, 0.3) is 0 Å². The molecule has 1 atom stereocenters. The Bertz CT molecular complexity index is 1180. The van der Waals surface area contributed by atoms with E-state index in [2.05, 4.69) is 5.32 Å². The zero-order chi connectivity index (χ0) is 25.8. The quantitative estimate of drug-likeness (QED) is 0.506. The molecule has 0 aromatic heterocycles. The number of halogens is 2. The van der Waals surface area contributed by atoms with Gasteiger partial charge in [0.15, 0.2) is 0 Å². The van der Waals surface area contributed by atoms with E-state index in [0.29, 0.717) is 21.3 Å². The van der Waals surface area contributed by atoms with Gasteiger partial charge in [-0.05, 0) is 62.1 Å². The van der Waals surface area contributed by atoms with Crippen LogP contribution in [0.3, 0.4) is 0 Å². The Labute approximate surface area is 217 Å². The van der Waals surface area contributed by atoms with Gasteiger partial charge in [-0.1, -0.05) is 54.2 Å². The molecule has 0 radical (unpaired) electrons. The largest absolute Gasteiger partial charge is 0.352 e. The summed E-state index contributed by atoms with van der Waals surface area (Å²) in [6, 6.07) is 11.2. The molecule has 2 amide bonds. The average molecular weight is 541 g/mol. The Hall–Kier alpha value is -2.29. The van der Waals surface area contributed by atoms with Crippen LogP contribution in [0, 0.1) is 6.92 Å². The standard InChI is InChI=1S/C25H31Cl2N3O4S/c1-17-7-6-10-21(13-17)30(35(3,33)34)16-24(31)29(15-19-11-12-22(26)23(27)14-19)18(2)25(32)28-20-8-4-5-9-20/h6-7,10-14,18,20H,4-5,8-9,15-16H2,1-3H3,(H,28,32)/t18-/m0/s1. The molecule has 1 aliphatic rings. The summed E-state index contributed by atoms with van der Waals surface area (Å²) in [6.07, 6.45) is 5.00. The van der Waals surface area contributed by atoms with Crippen LogP contribution < -0.4 is 9.62 Å². The van der Waals surface area contributed by atoms with Crippen molar-refractivity contribution >= 4 is 50.7 Å². The molecule has 1 fully saturated rings. The first kappa shape index (κ1) is 27.3. The van der Waals surface area contributed by atoms with Crippen molar-refractivity contribution in [3.8, 4) is 0 Å². The molecule has 1 aliphatic carbocycles. The number of hydrogen-bond donors (Lipinski definition) is 1. The number of carbonyl (C=O) groups excluding carboxylic acids is 2. The molecule has 0 heterocycles. The molecule has 0 bridgehead atoms. The van der Waals surface area contributed by atoms with Crippen LogP contribution in [0.5, 0.6) is 0 Å². The number of aryl methyl sites for hydroxylation is 1. The third-order valence-corrected chi connectivity index (χ3v) is 8.05. The van der Waals surface area contributed by atoms with Gasteiger partial charge in [-0.3, -0.25) is 13.9 Å². The molecule has 0 saturated heterocycles. The van der Waals surface area contributed by atoms with Gasteiger partial charge in [0.05, 0.1) is 22.0 Å². The zero-order valence-electron chi connectivity index (χ0n) is 20.1. The lowest BCUT2D eigenvalue weighted by Crippen LogP contribution is -2.52. The molecule has 0 spiro atoms. The second-order valence-electron chi connectivity index (χ2n) is 9.04. The molecule has 7 nitrogen and oxygen atoms in total. The van der Waals surface area contributed by atoms with Crippen LogP contribution in [0.25, 0.3) is 0 Å². The molecular formula is C25H31Cl2N3O4S. The van der Waals surface area contributed by atoms with E-state index in [-0.39, 0.29) is 18.5 Å². The number of amides is 2. The highest BCUT2D eigenvalue weighted by Crippen LogP contribution is 2.25. The van der Waals surface area contributed by atoms with Crippen LogP contribution in [0.1, 0.15) is 43.7 Å². The van der Waals surface area contributed by atoms with Crippen LogP contribution >= 0.6 is 23.2 Å². The van der Waals surface area contributed by atoms with Crippen molar-refractivity contribution in [2.45, 2.75) is 58.2 Å². The number of rotatable bonds is 9. The van der Waals surface area contributed by atoms with Crippen molar-refractivity contribution in [3.63, 3.8) is 0 Å². The lowest BCUT2D eigenvalue weighted by molar-refractivity contribution is -0.139. The zero-order valence-corrected chi connectivity index (χ0v) is 22.5. The first-order chi connectivity index (χ1) is 16.5. The van der Waals surface area contributed by atoms with E-state index in [9.17, 15) is 18.0 Å². The van der Waals surface area contributed by atoms with E-state index in [4.69, 9.17) is 23.2 Å². The fraction of sp³-hybridized carbons (Fsp3) is 0.440. The topological polar surface area (TPSA) is 86.8 Å². The molecule has 190 valence electrons. The summed E-state index contributed by atoms with van der Waals surface area (Å²) in [7, 11) is -3.77. The number of benzene rings is 2. The lowest BCUT2D eigenvalue weighted by Gasteiger charge is -2.32. The maximum Gasteiger partial charge on any atom is 0.244 e. The highest BCUT2D eigenvalue weighted by atomic mass is 35.5. The Morgan fingerprint density at radius 3 is 2.37 bits per heavy atom. The number of nitrogens with one attached hydrogen (secondary N) is 1. The molecule has 2 aromatic carbocycles. The van der Waals surface area contributed by atoms with E-state index in [1.165, 1.54) is 4.90 Å². The minimum atomic E-state index is -3.77. The molecule has 3 rings (SSSR count). The fourth-order valence-electron chi connectivity index (χ4n) is 4.21. The first-order valence-corrected chi connectivity index (χ1v) is 14.1. The number of carbonyl (C=O) groups is 2. The fourth-order valence-corrected chi connectivity index (χ4v) is 5.37. The molecule has 1 N–H and O–H groups in total. The van der Waals surface area contributed by atoms with Gasteiger partial charge >= 0.3 is 0 Å². The van der Waals surface area contributed by atoms with Crippen LogP contribution in [-0.4, -0.2) is 50.0 Å². The summed E-state index contributed by atoms with van der Waals surface area (Å²) in [6.45, 7) is 3.13. The van der Waals surface area contributed by atoms with Gasteiger partial charge in [0.2, 0.25) is 21.8 Å². The number of nitrogens with zero attached hydrogens (tertiary/aromatic N) is 2. The van der Waals surface area contributed by atoms with Crippen LogP contribution in [0.15, 0.2) is 42.5 Å². The second-order valence-corrected chi connectivity index (χ2v) is 11.8. The summed E-state index contributed by atoms with van der Waals surface area (Å²) in [4.78, 5) is 28.0. The summed E-state index contributed by atoms with van der Waals surface area (Å²) >= 11 is 12.2. The second kappa shape index (κ2) is 11.6. The van der Waals surface area contributed by atoms with Crippen LogP contribution in [-0.2, 0) is 26.2 Å². The van der Waals surface area contributed by atoms with E-state index in [1.54, 1.807) is 43.3 Å². The Morgan fingerprint density at radius 1 is 1.09 bits per heavy atom. The minimum Gasteiger partial charge on any atom is -0.352 e. The highest BCUT2D eigenvalue weighted by Gasteiger charge is 2.31. The maximum atomic E-state index is 13.6. The average Bonchev–Trinajstić information content (AvgIpc) is 3.29. The predicted molar refractivity (Wildman–Crippen MR) is 140 cm³/mol. The van der Waals surface area contributed by atoms with Crippen molar-refractivity contribution in [2.75, 3.05) is 17.1 Å². The normalized spacial score (nSPS) is 15.0. The SMILES string of the molecule is Cc1cccc(N(CC(=O)N(Cc2ccc(Cl)c(Cl)c2)[C@@H](C)C(=O)NC2CCCC2)S(C)(=O)=O)c1. The summed E-state index contributed by atoms with van der Waals surface area (Å²) in [5, 5.41) is 3.74. The molecule has 0 unspecified atom stereocenters. The molecule has 10 heteroatoms. The minimum absolute atomic E-state index is 0.0698. The van der Waals surface area contributed by atoms with Gasteiger partial charge in [-0.2, -0.15) is 0 Å². The summed E-state index contributed by atoms with van der Waals surface area (Å²) in [5.74, 6) is -0.774. The lowest BCUT2D eigenvalue weighted by atomic mass is 10.1. The molecule has 35 heavy (non-hydrogen) atoms.